The van der Waals surface area contributed by atoms with Crippen molar-refractivity contribution in [2.75, 3.05) is 19.6 Å². The number of hydrogen-bond acceptors (Lipinski definition) is 7. The highest BCUT2D eigenvalue weighted by Crippen LogP contribution is 2.26. The van der Waals surface area contributed by atoms with Gasteiger partial charge in [0.25, 0.3) is 11.8 Å². The van der Waals surface area contributed by atoms with Crippen molar-refractivity contribution in [1.82, 2.24) is 29.9 Å². The third-order valence-corrected chi connectivity index (χ3v) is 7.70. The number of carbonyl (C=O) groups is 4. The number of aromatic nitrogens is 3. The Kier molecular flexibility index (Phi) is 7.64. The van der Waals surface area contributed by atoms with Crippen molar-refractivity contribution in [3.63, 3.8) is 0 Å². The first kappa shape index (κ1) is 27.5. The van der Waals surface area contributed by atoms with Crippen molar-refractivity contribution in [3.05, 3.63) is 112 Å². The Bertz CT molecular complexity index is 1660. The van der Waals surface area contributed by atoms with Crippen molar-refractivity contribution >= 4 is 35.1 Å². The maximum Gasteiger partial charge on any atom is 0.262 e. The molecule has 1 aromatic heterocycles. The van der Waals surface area contributed by atoms with Gasteiger partial charge in [0.2, 0.25) is 5.91 Å². The zero-order valence-corrected chi connectivity index (χ0v) is 23.4. The van der Waals surface area contributed by atoms with Crippen LogP contribution in [0.25, 0.3) is 5.69 Å². The van der Waals surface area contributed by atoms with E-state index in [9.17, 15) is 19.2 Å². The zero-order valence-electron chi connectivity index (χ0n) is 22.6. The summed E-state index contributed by atoms with van der Waals surface area (Å²) in [6, 6.07) is 20.5. The van der Waals surface area contributed by atoms with Gasteiger partial charge in [0.05, 0.1) is 29.9 Å². The Morgan fingerprint density at radius 3 is 2.17 bits per heavy atom. The summed E-state index contributed by atoms with van der Waals surface area (Å²) in [5.41, 5.74) is 1.97. The summed E-state index contributed by atoms with van der Waals surface area (Å²) in [4.78, 5) is 55.2. The van der Waals surface area contributed by atoms with Crippen LogP contribution in [0, 0.1) is 0 Å². The number of hydrogen-bond donors (Lipinski definition) is 1. The first-order valence-corrected chi connectivity index (χ1v) is 14.1. The fourth-order valence-corrected chi connectivity index (χ4v) is 5.55. The lowest BCUT2D eigenvalue weighted by Crippen LogP contribution is -2.40. The summed E-state index contributed by atoms with van der Waals surface area (Å²) in [7, 11) is 0. The summed E-state index contributed by atoms with van der Waals surface area (Å²) >= 11 is 6.35. The van der Waals surface area contributed by atoms with E-state index in [0.29, 0.717) is 40.0 Å². The van der Waals surface area contributed by atoms with Gasteiger partial charge in [0.15, 0.2) is 17.4 Å². The second-order valence-electron chi connectivity index (χ2n) is 10.2. The Morgan fingerprint density at radius 2 is 1.48 bits per heavy atom. The Balaban J connectivity index is 1.29. The monoisotopic (exact) mass is 582 g/mol. The van der Waals surface area contributed by atoms with Gasteiger partial charge in [-0.25, -0.2) is 0 Å². The van der Waals surface area contributed by atoms with Crippen LogP contribution in [0.2, 0.25) is 5.02 Å². The van der Waals surface area contributed by atoms with Crippen molar-refractivity contribution < 1.29 is 19.2 Å². The van der Waals surface area contributed by atoms with Gasteiger partial charge in [-0.05, 0) is 56.3 Å². The molecule has 0 atom stereocenters. The molecule has 42 heavy (non-hydrogen) atoms. The van der Waals surface area contributed by atoms with E-state index in [1.807, 2.05) is 6.07 Å². The standard InChI is InChI=1S/C31H27ClN6O4/c32-21-12-13-25(24(16-21)29(40)20-8-2-1-3-9-20)38-26(34-35-27(38)18-36-14-6-7-15-36)17-33-28(39)19-37-30(41)22-10-4-5-11-23(22)31(37)42/h1-5,8-13,16H,6-7,14-15,17-19H2,(H,33,39). The fourth-order valence-electron chi connectivity index (χ4n) is 5.38. The predicted molar refractivity (Wildman–Crippen MR) is 154 cm³/mol. The lowest BCUT2D eigenvalue weighted by molar-refractivity contribution is -0.121. The van der Waals surface area contributed by atoms with Crippen LogP contribution in [0.3, 0.4) is 0 Å². The van der Waals surface area contributed by atoms with Gasteiger partial charge >= 0.3 is 0 Å². The molecular weight excluding hydrogens is 556 g/mol. The third kappa shape index (κ3) is 5.34. The van der Waals surface area contributed by atoms with E-state index >= 15 is 0 Å². The molecule has 4 aromatic rings. The molecule has 3 aromatic carbocycles. The van der Waals surface area contributed by atoms with E-state index in [2.05, 4.69) is 20.4 Å². The van der Waals surface area contributed by atoms with Crippen LogP contribution in [0.1, 0.15) is 61.1 Å². The summed E-state index contributed by atoms with van der Waals surface area (Å²) in [5, 5.41) is 12.0. The number of rotatable bonds is 9. The third-order valence-electron chi connectivity index (χ3n) is 7.46. The van der Waals surface area contributed by atoms with E-state index in [-0.39, 0.29) is 23.5 Å². The molecule has 3 heterocycles. The van der Waals surface area contributed by atoms with Crippen molar-refractivity contribution in [3.8, 4) is 5.69 Å². The van der Waals surface area contributed by atoms with Crippen LogP contribution in [-0.2, 0) is 17.9 Å². The minimum absolute atomic E-state index is 0.0450. The highest BCUT2D eigenvalue weighted by Gasteiger charge is 2.36. The van der Waals surface area contributed by atoms with Crippen molar-refractivity contribution in [2.24, 2.45) is 0 Å². The maximum atomic E-state index is 13.6. The molecule has 0 saturated carbocycles. The maximum absolute atomic E-state index is 13.6. The Hall–Kier alpha value is -4.67. The number of nitrogens with one attached hydrogen (secondary N) is 1. The molecule has 0 unspecified atom stereocenters. The molecule has 0 spiro atoms. The van der Waals surface area contributed by atoms with Gasteiger partial charge in [-0.15, -0.1) is 10.2 Å². The number of carbonyl (C=O) groups excluding carboxylic acids is 4. The molecule has 0 radical (unpaired) electrons. The van der Waals surface area contributed by atoms with Crippen molar-refractivity contribution in [1.29, 1.82) is 0 Å². The highest BCUT2D eigenvalue weighted by atomic mass is 35.5. The quantitative estimate of drug-likeness (QED) is 0.236. The highest BCUT2D eigenvalue weighted by molar-refractivity contribution is 6.31. The van der Waals surface area contributed by atoms with Crippen LogP contribution in [0.5, 0.6) is 0 Å². The number of likely N-dealkylation sites (tertiary alicyclic amines) is 1. The second kappa shape index (κ2) is 11.7. The summed E-state index contributed by atoms with van der Waals surface area (Å²) in [6.07, 6.45) is 2.18. The van der Waals surface area contributed by atoms with Gasteiger partial charge in [-0.2, -0.15) is 0 Å². The van der Waals surface area contributed by atoms with E-state index < -0.39 is 24.3 Å². The topological polar surface area (TPSA) is 118 Å². The van der Waals surface area contributed by atoms with Gasteiger partial charge in [-0.1, -0.05) is 54.1 Å². The predicted octanol–water partition coefficient (Wildman–Crippen LogP) is 3.66. The lowest BCUT2D eigenvalue weighted by atomic mass is 10.0. The van der Waals surface area contributed by atoms with Crippen LogP contribution < -0.4 is 5.32 Å². The largest absolute Gasteiger partial charge is 0.347 e. The molecular formula is C31H27ClN6O4. The molecule has 1 N–H and O–H groups in total. The zero-order chi connectivity index (χ0) is 29.2. The van der Waals surface area contributed by atoms with E-state index in [0.717, 1.165) is 30.8 Å². The molecule has 1 fully saturated rings. The van der Waals surface area contributed by atoms with E-state index in [4.69, 9.17) is 11.6 Å². The average molecular weight is 583 g/mol. The molecule has 0 bridgehead atoms. The van der Waals surface area contributed by atoms with Crippen LogP contribution in [-0.4, -0.2) is 67.7 Å². The molecule has 1 saturated heterocycles. The first-order valence-electron chi connectivity index (χ1n) is 13.7. The van der Waals surface area contributed by atoms with Gasteiger partial charge < -0.3 is 5.32 Å². The molecule has 212 valence electrons. The molecule has 0 aliphatic carbocycles. The summed E-state index contributed by atoms with van der Waals surface area (Å²) < 4.78 is 1.78. The smallest absolute Gasteiger partial charge is 0.262 e. The van der Waals surface area contributed by atoms with E-state index in [1.165, 1.54) is 0 Å². The molecule has 11 heteroatoms. The second-order valence-corrected chi connectivity index (χ2v) is 10.7. The van der Waals surface area contributed by atoms with Gasteiger partial charge in [0.1, 0.15) is 6.54 Å². The molecule has 2 aliphatic rings. The average Bonchev–Trinajstić information content (AvgIpc) is 3.73. The molecule has 2 aliphatic heterocycles. The van der Waals surface area contributed by atoms with E-state index in [1.54, 1.807) is 71.3 Å². The number of fused-ring (bicyclic) bond motifs is 1. The molecule has 6 rings (SSSR count). The SMILES string of the molecule is O=C(CN1C(=O)c2ccccc2C1=O)NCc1nnc(CN2CCCC2)n1-c1ccc(Cl)cc1C(=O)c1ccccc1. The number of halogens is 1. The number of nitrogens with zero attached hydrogens (tertiary/aromatic N) is 5. The number of imide groups is 1. The normalized spacial score (nSPS) is 14.8. The van der Waals surface area contributed by atoms with Gasteiger partial charge in [-0.3, -0.25) is 33.5 Å². The number of benzene rings is 3. The summed E-state index contributed by atoms with van der Waals surface area (Å²) in [5.74, 6) is -0.749. The first-order chi connectivity index (χ1) is 20.4. The van der Waals surface area contributed by atoms with Gasteiger partial charge in [0, 0.05) is 16.1 Å². The fraction of sp³-hybridized carbons (Fsp3) is 0.226. The van der Waals surface area contributed by atoms with Crippen LogP contribution >= 0.6 is 11.6 Å². The minimum Gasteiger partial charge on any atom is -0.347 e. The summed E-state index contributed by atoms with van der Waals surface area (Å²) in [6.45, 7) is 1.89. The minimum atomic E-state index is -0.531. The van der Waals surface area contributed by atoms with Crippen molar-refractivity contribution in [2.45, 2.75) is 25.9 Å². The van der Waals surface area contributed by atoms with Crippen LogP contribution in [0.4, 0.5) is 0 Å². The van der Waals surface area contributed by atoms with Crippen LogP contribution in [0.15, 0.2) is 72.8 Å². The lowest BCUT2D eigenvalue weighted by Gasteiger charge is -2.19. The molecule has 10 nitrogen and oxygen atoms in total. The Labute approximate surface area is 246 Å². The number of amides is 3. The number of ketones is 1. The Morgan fingerprint density at radius 1 is 0.833 bits per heavy atom. The molecule has 3 amide bonds.